The molecule has 1 heterocycles. The number of hydrogen-bond acceptors (Lipinski definition) is 4. The van der Waals surface area contributed by atoms with Crippen molar-refractivity contribution in [2.24, 2.45) is 0 Å². The molecule has 35 heavy (non-hydrogen) atoms. The van der Waals surface area contributed by atoms with Gasteiger partial charge < -0.3 is 24.9 Å². The van der Waals surface area contributed by atoms with Crippen LogP contribution in [0.1, 0.15) is 16.7 Å². The van der Waals surface area contributed by atoms with Crippen LogP contribution in [-0.4, -0.2) is 29.2 Å². The highest BCUT2D eigenvalue weighted by atomic mass is 35.5. The van der Waals surface area contributed by atoms with Gasteiger partial charge in [-0.05, 0) is 47.0 Å². The van der Waals surface area contributed by atoms with Crippen LogP contribution in [-0.2, 0) is 24.4 Å². The number of rotatable bonds is 10. The molecule has 0 bridgehead atoms. The first-order valence-electron chi connectivity index (χ1n) is 10.8. The largest absolute Gasteiger partial charge is 0.493 e. The van der Waals surface area contributed by atoms with Crippen LogP contribution in [0.4, 0.5) is 0 Å². The standard InChI is InChI=1S/C26H23Cl3N2O4/c1-34-24-10-16(9-21(29)25(24)35-14-15-6-7-19(27)20(28)8-15)12-30-23(26(32)33)11-17-13-31-22-5-3-2-4-18(17)22/h2-10,13,23,30-31H,11-12,14H2,1H3,(H,32,33). The lowest BCUT2D eigenvalue weighted by atomic mass is 10.0. The molecular weight excluding hydrogens is 511 g/mol. The molecule has 182 valence electrons. The van der Waals surface area contributed by atoms with E-state index in [0.29, 0.717) is 33.0 Å². The van der Waals surface area contributed by atoms with Crippen molar-refractivity contribution in [3.63, 3.8) is 0 Å². The Morgan fingerprint density at radius 1 is 1.03 bits per heavy atom. The zero-order valence-electron chi connectivity index (χ0n) is 18.8. The van der Waals surface area contributed by atoms with E-state index in [4.69, 9.17) is 44.3 Å². The van der Waals surface area contributed by atoms with E-state index in [0.717, 1.165) is 27.6 Å². The number of aromatic nitrogens is 1. The number of ether oxygens (including phenoxy) is 2. The average molecular weight is 534 g/mol. The average Bonchev–Trinajstić information content (AvgIpc) is 3.25. The molecule has 0 aliphatic carbocycles. The van der Waals surface area contributed by atoms with Crippen molar-refractivity contribution < 1.29 is 19.4 Å². The van der Waals surface area contributed by atoms with Crippen molar-refractivity contribution in [3.05, 3.63) is 92.6 Å². The number of nitrogens with one attached hydrogen (secondary N) is 2. The van der Waals surface area contributed by atoms with Gasteiger partial charge in [-0.2, -0.15) is 0 Å². The van der Waals surface area contributed by atoms with E-state index >= 15 is 0 Å². The van der Waals surface area contributed by atoms with Crippen LogP contribution < -0.4 is 14.8 Å². The van der Waals surface area contributed by atoms with Crippen molar-refractivity contribution in [1.29, 1.82) is 0 Å². The van der Waals surface area contributed by atoms with Crippen LogP contribution in [0.5, 0.6) is 11.5 Å². The van der Waals surface area contributed by atoms with E-state index in [2.05, 4.69) is 10.3 Å². The number of aromatic amines is 1. The minimum atomic E-state index is -0.935. The highest BCUT2D eigenvalue weighted by Crippen LogP contribution is 2.37. The van der Waals surface area contributed by atoms with E-state index in [1.807, 2.05) is 36.5 Å². The third kappa shape index (κ3) is 6.03. The van der Waals surface area contributed by atoms with Gasteiger partial charge in [-0.25, -0.2) is 0 Å². The fourth-order valence-electron chi connectivity index (χ4n) is 3.81. The highest BCUT2D eigenvalue weighted by Gasteiger charge is 2.20. The number of fused-ring (bicyclic) bond motifs is 1. The fraction of sp³-hybridized carbons (Fsp3) is 0.192. The third-order valence-corrected chi connectivity index (χ3v) is 6.63. The Hall–Kier alpha value is -2.90. The maximum atomic E-state index is 11.9. The topological polar surface area (TPSA) is 83.6 Å². The Labute approximate surface area is 217 Å². The van der Waals surface area contributed by atoms with Gasteiger partial charge in [0.05, 0.1) is 22.2 Å². The number of aliphatic carboxylic acids is 1. The van der Waals surface area contributed by atoms with Crippen LogP contribution in [0.25, 0.3) is 10.9 Å². The zero-order chi connectivity index (χ0) is 24.9. The van der Waals surface area contributed by atoms with E-state index in [1.54, 1.807) is 24.3 Å². The summed E-state index contributed by atoms with van der Waals surface area (Å²) in [6, 6.07) is 15.7. The maximum absolute atomic E-state index is 11.9. The summed E-state index contributed by atoms with van der Waals surface area (Å²) in [6.07, 6.45) is 2.18. The summed E-state index contributed by atoms with van der Waals surface area (Å²) in [5.74, 6) is -0.106. The minimum Gasteiger partial charge on any atom is -0.493 e. The van der Waals surface area contributed by atoms with Crippen LogP contribution in [0, 0.1) is 0 Å². The normalized spacial score (nSPS) is 12.0. The number of carboxylic acid groups (broad SMARTS) is 1. The second-order valence-electron chi connectivity index (χ2n) is 7.98. The van der Waals surface area contributed by atoms with Crippen LogP contribution in [0.2, 0.25) is 15.1 Å². The Morgan fingerprint density at radius 2 is 1.80 bits per heavy atom. The van der Waals surface area contributed by atoms with Crippen molar-refractivity contribution >= 4 is 51.7 Å². The molecule has 1 aromatic heterocycles. The van der Waals surface area contributed by atoms with Crippen molar-refractivity contribution in [3.8, 4) is 11.5 Å². The van der Waals surface area contributed by atoms with Crippen LogP contribution >= 0.6 is 34.8 Å². The third-order valence-electron chi connectivity index (χ3n) is 5.61. The number of carboxylic acids is 1. The molecule has 0 spiro atoms. The van der Waals surface area contributed by atoms with Gasteiger partial charge >= 0.3 is 5.97 Å². The second kappa shape index (κ2) is 11.2. The second-order valence-corrected chi connectivity index (χ2v) is 9.20. The molecule has 0 fully saturated rings. The molecule has 0 aliphatic rings. The molecule has 0 amide bonds. The monoisotopic (exact) mass is 532 g/mol. The zero-order valence-corrected chi connectivity index (χ0v) is 21.0. The van der Waals surface area contributed by atoms with Crippen molar-refractivity contribution in [2.45, 2.75) is 25.6 Å². The Bertz CT molecular complexity index is 1360. The lowest BCUT2D eigenvalue weighted by molar-refractivity contribution is -0.139. The van der Waals surface area contributed by atoms with Gasteiger partial charge in [-0.3, -0.25) is 4.79 Å². The molecule has 3 aromatic carbocycles. The van der Waals surface area contributed by atoms with Gasteiger partial charge in [0.2, 0.25) is 0 Å². The lowest BCUT2D eigenvalue weighted by Crippen LogP contribution is -2.38. The molecule has 4 rings (SSSR count). The van der Waals surface area contributed by atoms with E-state index in [9.17, 15) is 9.90 Å². The molecule has 0 aliphatic heterocycles. The summed E-state index contributed by atoms with van der Waals surface area (Å²) in [6.45, 7) is 0.499. The summed E-state index contributed by atoms with van der Waals surface area (Å²) in [5.41, 5.74) is 3.49. The highest BCUT2D eigenvalue weighted by molar-refractivity contribution is 6.42. The smallest absolute Gasteiger partial charge is 0.321 e. The molecule has 0 saturated carbocycles. The first-order chi connectivity index (χ1) is 16.9. The number of H-pyrrole nitrogens is 1. The van der Waals surface area contributed by atoms with Crippen molar-refractivity contribution in [2.75, 3.05) is 7.11 Å². The van der Waals surface area contributed by atoms with Gasteiger partial charge in [0, 0.05) is 30.1 Å². The number of methoxy groups -OCH3 is 1. The summed E-state index contributed by atoms with van der Waals surface area (Å²) >= 11 is 18.5. The predicted molar refractivity (Wildman–Crippen MR) is 139 cm³/mol. The quantitative estimate of drug-likeness (QED) is 0.217. The van der Waals surface area contributed by atoms with E-state index in [-0.39, 0.29) is 13.2 Å². The summed E-state index contributed by atoms with van der Waals surface area (Å²) in [5, 5.41) is 15.1. The predicted octanol–water partition coefficient (Wildman–Crippen LogP) is 6.50. The number of para-hydroxylation sites is 1. The molecule has 3 N–H and O–H groups in total. The van der Waals surface area contributed by atoms with Gasteiger partial charge in [-0.1, -0.05) is 59.1 Å². The number of benzene rings is 3. The van der Waals surface area contributed by atoms with E-state index in [1.165, 1.54) is 7.11 Å². The van der Waals surface area contributed by atoms with Gasteiger partial charge in [0.1, 0.15) is 12.6 Å². The van der Waals surface area contributed by atoms with Crippen molar-refractivity contribution in [1.82, 2.24) is 10.3 Å². The van der Waals surface area contributed by atoms with Crippen LogP contribution in [0.3, 0.4) is 0 Å². The minimum absolute atomic E-state index is 0.219. The molecular formula is C26H23Cl3N2O4. The summed E-state index contributed by atoms with van der Waals surface area (Å²) in [7, 11) is 1.52. The molecule has 9 heteroatoms. The molecule has 0 radical (unpaired) electrons. The molecule has 1 atom stereocenters. The number of hydrogen-bond donors (Lipinski definition) is 3. The lowest BCUT2D eigenvalue weighted by Gasteiger charge is -2.17. The first-order valence-corrected chi connectivity index (χ1v) is 11.9. The number of carbonyl (C=O) groups is 1. The van der Waals surface area contributed by atoms with Gasteiger partial charge in [0.25, 0.3) is 0 Å². The summed E-state index contributed by atoms with van der Waals surface area (Å²) < 4.78 is 11.4. The Kier molecular flexibility index (Phi) is 8.08. The molecule has 0 saturated heterocycles. The van der Waals surface area contributed by atoms with E-state index < -0.39 is 12.0 Å². The van der Waals surface area contributed by atoms with Gasteiger partial charge in [-0.15, -0.1) is 0 Å². The summed E-state index contributed by atoms with van der Waals surface area (Å²) in [4.78, 5) is 15.1. The number of halogens is 3. The molecule has 6 nitrogen and oxygen atoms in total. The molecule has 4 aromatic rings. The van der Waals surface area contributed by atoms with Crippen LogP contribution in [0.15, 0.2) is 60.8 Å². The Morgan fingerprint density at radius 3 is 2.54 bits per heavy atom. The molecule has 1 unspecified atom stereocenters. The van der Waals surface area contributed by atoms with Gasteiger partial charge in [0.15, 0.2) is 11.5 Å². The Balaban J connectivity index is 1.45. The first kappa shape index (κ1) is 25.2. The maximum Gasteiger partial charge on any atom is 0.321 e. The fourth-order valence-corrected chi connectivity index (χ4v) is 4.42. The SMILES string of the molecule is COc1cc(CNC(Cc2c[nH]c3ccccc23)C(=O)O)cc(Cl)c1OCc1ccc(Cl)c(Cl)c1.